The molecule has 0 aromatic heterocycles. The van der Waals surface area contributed by atoms with E-state index in [9.17, 15) is 14.4 Å². The highest BCUT2D eigenvalue weighted by Crippen LogP contribution is 2.20. The molecule has 30 heavy (non-hydrogen) atoms. The number of anilines is 1. The number of nitrogens with one attached hydrogen (secondary N) is 2. The van der Waals surface area contributed by atoms with Crippen LogP contribution in [0.3, 0.4) is 0 Å². The van der Waals surface area contributed by atoms with Crippen LogP contribution in [0.5, 0.6) is 0 Å². The second-order valence-corrected chi connectivity index (χ2v) is 7.63. The molecule has 1 fully saturated rings. The van der Waals surface area contributed by atoms with Crippen molar-refractivity contribution in [1.82, 2.24) is 15.5 Å². The van der Waals surface area contributed by atoms with Crippen molar-refractivity contribution in [3.05, 3.63) is 64.1 Å². The molecule has 3 rings (SSSR count). The number of hydrogen-bond acceptors (Lipinski definition) is 4. The van der Waals surface area contributed by atoms with Crippen LogP contribution in [0.1, 0.15) is 10.4 Å². The Morgan fingerprint density at radius 2 is 1.57 bits per heavy atom. The average molecular weight is 449 g/mol. The van der Waals surface area contributed by atoms with Gasteiger partial charge in [-0.25, -0.2) is 0 Å². The van der Waals surface area contributed by atoms with Gasteiger partial charge in [-0.2, -0.15) is 0 Å². The maximum atomic E-state index is 12.4. The van der Waals surface area contributed by atoms with E-state index in [0.717, 1.165) is 18.8 Å². The Labute approximate surface area is 184 Å². The Morgan fingerprint density at radius 3 is 2.23 bits per heavy atom. The zero-order valence-corrected chi connectivity index (χ0v) is 17.7. The summed E-state index contributed by atoms with van der Waals surface area (Å²) in [6.45, 7) is 2.29. The van der Waals surface area contributed by atoms with Crippen LogP contribution in [0.15, 0.2) is 48.5 Å². The van der Waals surface area contributed by atoms with E-state index in [-0.39, 0.29) is 29.6 Å². The molecule has 2 aromatic carbocycles. The van der Waals surface area contributed by atoms with Crippen LogP contribution in [0.2, 0.25) is 10.0 Å². The number of halogens is 2. The summed E-state index contributed by atoms with van der Waals surface area (Å²) in [6.07, 6.45) is 0. The van der Waals surface area contributed by atoms with E-state index in [1.54, 1.807) is 11.0 Å². The molecule has 1 aliphatic heterocycles. The SMILES string of the molecule is O=C(CNC(=O)c1ccc(Cl)cc1Cl)NCC(=O)N1CCN(c2ccccc2)CC1. The van der Waals surface area contributed by atoms with Crippen LogP contribution in [0, 0.1) is 0 Å². The fourth-order valence-corrected chi connectivity index (χ4v) is 3.63. The van der Waals surface area contributed by atoms with Crippen molar-refractivity contribution < 1.29 is 14.4 Å². The van der Waals surface area contributed by atoms with Gasteiger partial charge in [-0.15, -0.1) is 0 Å². The molecule has 0 radical (unpaired) electrons. The third kappa shape index (κ3) is 5.87. The summed E-state index contributed by atoms with van der Waals surface area (Å²) in [5, 5.41) is 5.63. The van der Waals surface area contributed by atoms with Gasteiger partial charge in [-0.3, -0.25) is 14.4 Å². The molecule has 0 saturated carbocycles. The molecule has 2 N–H and O–H groups in total. The van der Waals surface area contributed by atoms with Gasteiger partial charge in [0.05, 0.1) is 23.7 Å². The molecule has 0 spiro atoms. The van der Waals surface area contributed by atoms with Gasteiger partial charge in [0.25, 0.3) is 5.91 Å². The summed E-state index contributed by atoms with van der Waals surface area (Å²) in [7, 11) is 0. The second-order valence-electron chi connectivity index (χ2n) is 6.79. The summed E-state index contributed by atoms with van der Waals surface area (Å²) in [4.78, 5) is 40.4. The van der Waals surface area contributed by atoms with Gasteiger partial charge in [-0.1, -0.05) is 41.4 Å². The first-order chi connectivity index (χ1) is 14.4. The van der Waals surface area contributed by atoms with Crippen molar-refractivity contribution in [1.29, 1.82) is 0 Å². The number of rotatable bonds is 6. The molecule has 3 amide bonds. The zero-order valence-electron chi connectivity index (χ0n) is 16.2. The third-order valence-electron chi connectivity index (χ3n) is 4.78. The van der Waals surface area contributed by atoms with Crippen molar-refractivity contribution in [2.45, 2.75) is 0 Å². The fraction of sp³-hybridized carbons (Fsp3) is 0.286. The van der Waals surface area contributed by atoms with Crippen LogP contribution in [0.25, 0.3) is 0 Å². The summed E-state index contributed by atoms with van der Waals surface area (Å²) >= 11 is 11.8. The van der Waals surface area contributed by atoms with Crippen molar-refractivity contribution in [3.8, 4) is 0 Å². The number of amides is 3. The summed E-state index contributed by atoms with van der Waals surface area (Å²) < 4.78 is 0. The van der Waals surface area contributed by atoms with E-state index < -0.39 is 11.8 Å². The van der Waals surface area contributed by atoms with E-state index >= 15 is 0 Å². The first-order valence-electron chi connectivity index (χ1n) is 9.52. The first-order valence-corrected chi connectivity index (χ1v) is 10.3. The number of piperazine rings is 1. The molecule has 0 atom stereocenters. The van der Waals surface area contributed by atoms with E-state index in [4.69, 9.17) is 23.2 Å². The predicted octanol–water partition coefficient (Wildman–Crippen LogP) is 2.19. The molecule has 7 nitrogen and oxygen atoms in total. The minimum atomic E-state index is -0.491. The van der Waals surface area contributed by atoms with Gasteiger partial charge in [0.15, 0.2) is 0 Å². The Morgan fingerprint density at radius 1 is 0.867 bits per heavy atom. The van der Waals surface area contributed by atoms with Crippen LogP contribution in [-0.4, -0.2) is 61.9 Å². The lowest BCUT2D eigenvalue weighted by atomic mass is 10.2. The minimum Gasteiger partial charge on any atom is -0.368 e. The van der Waals surface area contributed by atoms with Gasteiger partial charge in [0, 0.05) is 36.9 Å². The molecule has 158 valence electrons. The van der Waals surface area contributed by atoms with Crippen LogP contribution < -0.4 is 15.5 Å². The molecule has 9 heteroatoms. The highest BCUT2D eigenvalue weighted by Gasteiger charge is 2.21. The van der Waals surface area contributed by atoms with Crippen LogP contribution in [-0.2, 0) is 9.59 Å². The van der Waals surface area contributed by atoms with Crippen molar-refractivity contribution in [2.75, 3.05) is 44.2 Å². The average Bonchev–Trinajstić information content (AvgIpc) is 2.76. The van der Waals surface area contributed by atoms with Crippen molar-refractivity contribution in [3.63, 3.8) is 0 Å². The molecule has 0 unspecified atom stereocenters. The molecular weight excluding hydrogens is 427 g/mol. The highest BCUT2D eigenvalue weighted by atomic mass is 35.5. The topological polar surface area (TPSA) is 81.8 Å². The summed E-state index contributed by atoms with van der Waals surface area (Å²) in [5.74, 6) is -1.09. The van der Waals surface area contributed by atoms with Crippen molar-refractivity contribution >= 4 is 46.6 Å². The monoisotopic (exact) mass is 448 g/mol. The van der Waals surface area contributed by atoms with Gasteiger partial charge in [0.1, 0.15) is 0 Å². The molecule has 0 aliphatic carbocycles. The maximum Gasteiger partial charge on any atom is 0.253 e. The van der Waals surface area contributed by atoms with E-state index in [0.29, 0.717) is 18.1 Å². The Hall–Kier alpha value is -2.77. The smallest absolute Gasteiger partial charge is 0.253 e. The lowest BCUT2D eigenvalue weighted by Gasteiger charge is -2.36. The molecule has 1 aliphatic rings. The minimum absolute atomic E-state index is 0.109. The molecule has 2 aromatic rings. The first kappa shape index (κ1) is 21.9. The van der Waals surface area contributed by atoms with Gasteiger partial charge in [0.2, 0.25) is 11.8 Å². The summed E-state index contributed by atoms with van der Waals surface area (Å²) in [6, 6.07) is 14.5. The predicted molar refractivity (Wildman–Crippen MR) is 117 cm³/mol. The molecule has 0 bridgehead atoms. The normalized spacial score (nSPS) is 13.7. The quantitative estimate of drug-likeness (QED) is 0.709. The Bertz CT molecular complexity index is 916. The number of hydrogen-bond donors (Lipinski definition) is 2. The molecule has 1 heterocycles. The second kappa shape index (κ2) is 10.3. The van der Waals surface area contributed by atoms with Crippen LogP contribution in [0.4, 0.5) is 5.69 Å². The molecular formula is C21H22Cl2N4O3. The van der Waals surface area contributed by atoms with Gasteiger partial charge >= 0.3 is 0 Å². The highest BCUT2D eigenvalue weighted by molar-refractivity contribution is 6.36. The lowest BCUT2D eigenvalue weighted by molar-refractivity contribution is -0.132. The Balaban J connectivity index is 1.38. The number of para-hydroxylation sites is 1. The Kier molecular flexibility index (Phi) is 7.54. The van der Waals surface area contributed by atoms with Gasteiger partial charge in [-0.05, 0) is 30.3 Å². The number of carbonyl (C=O) groups is 3. The van der Waals surface area contributed by atoms with E-state index in [1.807, 2.05) is 30.3 Å². The van der Waals surface area contributed by atoms with E-state index in [2.05, 4.69) is 15.5 Å². The molecule has 1 saturated heterocycles. The number of benzene rings is 2. The zero-order chi connectivity index (χ0) is 21.5. The third-order valence-corrected chi connectivity index (χ3v) is 5.32. The largest absolute Gasteiger partial charge is 0.368 e. The van der Waals surface area contributed by atoms with Gasteiger partial charge < -0.3 is 20.4 Å². The summed E-state index contributed by atoms with van der Waals surface area (Å²) in [5.41, 5.74) is 1.36. The van der Waals surface area contributed by atoms with E-state index in [1.165, 1.54) is 12.1 Å². The lowest BCUT2D eigenvalue weighted by Crippen LogP contribution is -2.51. The van der Waals surface area contributed by atoms with Crippen LogP contribution >= 0.6 is 23.2 Å². The van der Waals surface area contributed by atoms with Crippen molar-refractivity contribution in [2.24, 2.45) is 0 Å². The fourth-order valence-electron chi connectivity index (χ4n) is 3.13. The maximum absolute atomic E-state index is 12.4. The number of carbonyl (C=O) groups excluding carboxylic acids is 3. The standard InChI is InChI=1S/C21H22Cl2N4O3/c22-15-6-7-17(18(23)12-15)21(30)25-13-19(28)24-14-20(29)27-10-8-26(9-11-27)16-4-2-1-3-5-16/h1-7,12H,8-11,13-14H2,(H,24,28)(H,25,30). The number of nitrogens with zero attached hydrogens (tertiary/aromatic N) is 2.